The van der Waals surface area contributed by atoms with Crippen LogP contribution in [-0.2, 0) is 16.2 Å². The minimum Gasteiger partial charge on any atom is -0.351 e. The molecular weight excluding hydrogens is 503 g/mol. The van der Waals surface area contributed by atoms with Gasteiger partial charge in [-0.15, -0.1) is 0 Å². The maximum Gasteiger partial charge on any atom is 0.417 e. The van der Waals surface area contributed by atoms with Gasteiger partial charge in [-0.1, -0.05) is 11.6 Å². The Kier molecular flexibility index (Phi) is 7.44. The SMILES string of the molecule is CCNC(=O)c1cc(Sc2ccc(NS(=O)(=O)c3ccc(Cl)c(C(F)(F)F)c3)cn2)ncn1. The van der Waals surface area contributed by atoms with Crippen LogP contribution in [0, 0.1) is 0 Å². The van der Waals surface area contributed by atoms with Gasteiger partial charge in [-0.05, 0) is 49.0 Å². The fourth-order valence-corrected chi connectivity index (χ4v) is 4.50. The summed E-state index contributed by atoms with van der Waals surface area (Å²) in [5, 5.41) is 2.89. The van der Waals surface area contributed by atoms with E-state index in [4.69, 9.17) is 11.6 Å². The van der Waals surface area contributed by atoms with Crippen molar-refractivity contribution in [1.29, 1.82) is 0 Å². The first-order chi connectivity index (χ1) is 15.5. The number of nitrogens with zero attached hydrogens (tertiary/aromatic N) is 3. The molecular formula is C19H15ClF3N5O3S2. The molecule has 2 heterocycles. The number of anilines is 1. The summed E-state index contributed by atoms with van der Waals surface area (Å²) in [7, 11) is -4.33. The normalized spacial score (nSPS) is 11.8. The van der Waals surface area contributed by atoms with Crippen molar-refractivity contribution >= 4 is 45.0 Å². The molecule has 0 saturated carbocycles. The predicted octanol–water partition coefficient (Wildman–Crippen LogP) is 4.25. The van der Waals surface area contributed by atoms with Gasteiger partial charge in [0.25, 0.3) is 15.9 Å². The van der Waals surface area contributed by atoms with E-state index in [1.807, 2.05) is 0 Å². The highest BCUT2D eigenvalue weighted by molar-refractivity contribution is 7.99. The van der Waals surface area contributed by atoms with Crippen LogP contribution >= 0.6 is 23.4 Å². The minimum atomic E-state index is -4.80. The number of hydrogen-bond donors (Lipinski definition) is 2. The number of sulfonamides is 1. The van der Waals surface area contributed by atoms with E-state index in [0.717, 1.165) is 23.9 Å². The van der Waals surface area contributed by atoms with Crippen molar-refractivity contribution < 1.29 is 26.4 Å². The van der Waals surface area contributed by atoms with Crippen LogP contribution in [0.1, 0.15) is 23.0 Å². The standard InChI is InChI=1S/C19H15ClF3N5O3S2/c1-2-24-18(29)15-8-17(27-10-26-15)32-16-6-3-11(9-25-16)28-33(30,31)12-4-5-14(20)13(7-12)19(21,22)23/h3-10,28H,2H2,1H3,(H,24,29). The first kappa shape index (κ1) is 24.7. The number of alkyl halides is 3. The van der Waals surface area contributed by atoms with Gasteiger partial charge in [-0.2, -0.15) is 13.2 Å². The summed E-state index contributed by atoms with van der Waals surface area (Å²) in [6.45, 7) is 2.22. The van der Waals surface area contributed by atoms with Crippen LogP contribution in [0.4, 0.5) is 18.9 Å². The zero-order chi connectivity index (χ0) is 24.2. The van der Waals surface area contributed by atoms with E-state index in [1.165, 1.54) is 30.7 Å². The van der Waals surface area contributed by atoms with Crippen molar-refractivity contribution in [2.75, 3.05) is 11.3 Å². The average molecular weight is 518 g/mol. The number of halogens is 4. The van der Waals surface area contributed by atoms with Gasteiger partial charge in [0.15, 0.2) is 0 Å². The van der Waals surface area contributed by atoms with Gasteiger partial charge in [-0.3, -0.25) is 9.52 Å². The molecule has 2 aromatic heterocycles. The number of pyridine rings is 1. The Morgan fingerprint density at radius 3 is 2.48 bits per heavy atom. The Bertz CT molecular complexity index is 1270. The highest BCUT2D eigenvalue weighted by Gasteiger charge is 2.34. The van der Waals surface area contributed by atoms with Gasteiger partial charge in [0.05, 0.1) is 27.4 Å². The number of aromatic nitrogens is 3. The molecule has 0 atom stereocenters. The van der Waals surface area contributed by atoms with Crippen molar-refractivity contribution in [1.82, 2.24) is 20.3 Å². The molecule has 2 N–H and O–H groups in total. The van der Waals surface area contributed by atoms with Gasteiger partial charge in [0.1, 0.15) is 22.1 Å². The van der Waals surface area contributed by atoms with Gasteiger partial charge in [0, 0.05) is 12.6 Å². The summed E-state index contributed by atoms with van der Waals surface area (Å²) < 4.78 is 66.3. The molecule has 8 nitrogen and oxygen atoms in total. The summed E-state index contributed by atoms with van der Waals surface area (Å²) >= 11 is 6.65. The fraction of sp³-hybridized carbons (Fsp3) is 0.158. The molecule has 0 fully saturated rings. The molecule has 0 aliphatic rings. The Morgan fingerprint density at radius 1 is 1.09 bits per heavy atom. The highest BCUT2D eigenvalue weighted by Crippen LogP contribution is 2.36. The molecule has 1 aromatic carbocycles. The Labute approximate surface area is 196 Å². The molecule has 1 amide bonds. The Balaban J connectivity index is 1.75. The average Bonchev–Trinajstić information content (AvgIpc) is 2.74. The number of benzene rings is 1. The number of carbonyl (C=O) groups excluding carboxylic acids is 1. The van der Waals surface area contributed by atoms with Crippen molar-refractivity contribution in [2.45, 2.75) is 28.0 Å². The van der Waals surface area contributed by atoms with Crippen molar-refractivity contribution in [3.05, 3.63) is 65.2 Å². The molecule has 0 spiro atoms. The van der Waals surface area contributed by atoms with E-state index in [0.29, 0.717) is 22.7 Å². The molecule has 0 aliphatic carbocycles. The third kappa shape index (κ3) is 6.33. The lowest BCUT2D eigenvalue weighted by atomic mass is 10.2. The lowest BCUT2D eigenvalue weighted by Gasteiger charge is -2.12. The molecule has 0 aliphatic heterocycles. The second kappa shape index (κ2) is 9.93. The molecule has 33 heavy (non-hydrogen) atoms. The van der Waals surface area contributed by atoms with Crippen LogP contribution in [0.15, 0.2) is 63.9 Å². The summed E-state index contributed by atoms with van der Waals surface area (Å²) in [4.78, 5) is 23.3. The molecule has 3 rings (SSSR count). The van der Waals surface area contributed by atoms with E-state index in [1.54, 1.807) is 6.92 Å². The molecule has 174 valence electrons. The van der Waals surface area contributed by atoms with Gasteiger partial charge in [-0.25, -0.2) is 23.4 Å². The first-order valence-corrected chi connectivity index (χ1v) is 11.8. The molecule has 0 unspecified atom stereocenters. The first-order valence-electron chi connectivity index (χ1n) is 9.13. The van der Waals surface area contributed by atoms with Crippen LogP contribution in [0.25, 0.3) is 0 Å². The smallest absolute Gasteiger partial charge is 0.351 e. The van der Waals surface area contributed by atoms with Crippen LogP contribution in [0.3, 0.4) is 0 Å². The van der Waals surface area contributed by atoms with Gasteiger partial charge < -0.3 is 5.32 Å². The number of rotatable bonds is 7. The topological polar surface area (TPSA) is 114 Å². The van der Waals surface area contributed by atoms with Crippen molar-refractivity contribution in [2.24, 2.45) is 0 Å². The van der Waals surface area contributed by atoms with E-state index < -0.39 is 31.7 Å². The molecule has 3 aromatic rings. The van der Waals surface area contributed by atoms with Crippen LogP contribution in [0.5, 0.6) is 0 Å². The maximum absolute atomic E-state index is 13.0. The summed E-state index contributed by atoms with van der Waals surface area (Å²) in [6, 6.07) is 6.65. The second-order valence-corrected chi connectivity index (χ2v) is 9.46. The van der Waals surface area contributed by atoms with Crippen molar-refractivity contribution in [3.63, 3.8) is 0 Å². The zero-order valence-corrected chi connectivity index (χ0v) is 19.1. The third-order valence-electron chi connectivity index (χ3n) is 3.96. The summed E-state index contributed by atoms with van der Waals surface area (Å²) in [6.07, 6.45) is -2.37. The third-order valence-corrected chi connectivity index (χ3v) is 6.55. The van der Waals surface area contributed by atoms with E-state index in [9.17, 15) is 26.4 Å². The number of nitrogens with one attached hydrogen (secondary N) is 2. The molecule has 0 bridgehead atoms. The van der Waals surface area contributed by atoms with Crippen LogP contribution < -0.4 is 10.0 Å². The molecule has 0 saturated heterocycles. The number of amides is 1. The summed E-state index contributed by atoms with van der Waals surface area (Å²) in [5.74, 6) is -0.352. The lowest BCUT2D eigenvalue weighted by molar-refractivity contribution is -0.137. The molecule has 14 heteroatoms. The fourth-order valence-electron chi connectivity index (χ4n) is 2.48. The minimum absolute atomic E-state index is 0.0357. The zero-order valence-electron chi connectivity index (χ0n) is 16.7. The predicted molar refractivity (Wildman–Crippen MR) is 116 cm³/mol. The largest absolute Gasteiger partial charge is 0.417 e. The second-order valence-electron chi connectivity index (χ2n) is 6.33. The maximum atomic E-state index is 13.0. The van der Waals surface area contributed by atoms with Gasteiger partial charge >= 0.3 is 6.18 Å². The van der Waals surface area contributed by atoms with E-state index in [2.05, 4.69) is 25.0 Å². The van der Waals surface area contributed by atoms with E-state index >= 15 is 0 Å². The number of carbonyl (C=O) groups is 1. The van der Waals surface area contributed by atoms with Gasteiger partial charge in [0.2, 0.25) is 0 Å². The van der Waals surface area contributed by atoms with Crippen molar-refractivity contribution in [3.8, 4) is 0 Å². The quantitative estimate of drug-likeness (QED) is 0.450. The summed E-state index contributed by atoms with van der Waals surface area (Å²) in [5.41, 5.74) is -1.04. The van der Waals surface area contributed by atoms with Crippen LogP contribution in [-0.4, -0.2) is 35.8 Å². The van der Waals surface area contributed by atoms with E-state index in [-0.39, 0.29) is 17.3 Å². The number of hydrogen-bond acceptors (Lipinski definition) is 7. The Hall–Kier alpha value is -2.90. The van der Waals surface area contributed by atoms with Crippen LogP contribution in [0.2, 0.25) is 5.02 Å². The lowest BCUT2D eigenvalue weighted by Crippen LogP contribution is -2.23. The molecule has 0 radical (unpaired) electrons. The Morgan fingerprint density at radius 2 is 1.85 bits per heavy atom. The monoisotopic (exact) mass is 517 g/mol. The highest BCUT2D eigenvalue weighted by atomic mass is 35.5.